The van der Waals surface area contributed by atoms with E-state index in [-0.39, 0.29) is 28.8 Å². The van der Waals surface area contributed by atoms with Crippen LogP contribution in [0.25, 0.3) is 0 Å². The second-order valence-corrected chi connectivity index (χ2v) is 7.63. The zero-order valence-corrected chi connectivity index (χ0v) is 13.6. The van der Waals surface area contributed by atoms with Gasteiger partial charge in [0.2, 0.25) is 5.91 Å². The highest BCUT2D eigenvalue weighted by molar-refractivity contribution is 5.84. The molecule has 1 atom stereocenters. The maximum Gasteiger partial charge on any atom is 0.227 e. The molecule has 3 rings (SSSR count). The molecule has 1 fully saturated rings. The highest BCUT2D eigenvalue weighted by Crippen LogP contribution is 2.68. The average Bonchev–Trinajstić information content (AvgIpc) is 2.88. The van der Waals surface area contributed by atoms with Gasteiger partial charge in [-0.05, 0) is 23.8 Å². The van der Waals surface area contributed by atoms with Gasteiger partial charge >= 0.3 is 0 Å². The number of fused-ring (bicyclic) bond motifs is 1. The molecule has 1 saturated carbocycles. The predicted molar refractivity (Wildman–Crippen MR) is 83.0 cm³/mol. The maximum absolute atomic E-state index is 13.0. The van der Waals surface area contributed by atoms with Crippen LogP contribution in [-0.2, 0) is 11.3 Å². The third kappa shape index (κ3) is 2.14. The molecule has 1 aliphatic heterocycles. The molecule has 1 aliphatic carbocycles. The van der Waals surface area contributed by atoms with Crippen molar-refractivity contribution in [3.05, 3.63) is 29.8 Å². The van der Waals surface area contributed by atoms with Crippen molar-refractivity contribution in [1.82, 2.24) is 4.90 Å². The Labute approximate surface area is 127 Å². The molecular formula is C18H25NO2. The highest BCUT2D eigenvalue weighted by atomic mass is 16.5. The van der Waals surface area contributed by atoms with Gasteiger partial charge in [-0.15, -0.1) is 0 Å². The molecule has 1 aromatic rings. The van der Waals surface area contributed by atoms with E-state index < -0.39 is 0 Å². The van der Waals surface area contributed by atoms with E-state index in [0.717, 1.165) is 11.3 Å². The van der Waals surface area contributed by atoms with Crippen LogP contribution in [0.1, 0.15) is 40.2 Å². The number of nitrogens with zero attached hydrogens (tertiary/aromatic N) is 1. The average molecular weight is 287 g/mol. The maximum atomic E-state index is 13.0. The number of carbonyl (C=O) groups is 1. The van der Waals surface area contributed by atoms with Crippen LogP contribution in [0.3, 0.4) is 0 Å². The minimum atomic E-state index is 0.0302. The molecule has 0 spiro atoms. The van der Waals surface area contributed by atoms with Crippen molar-refractivity contribution in [2.45, 2.75) is 47.3 Å². The van der Waals surface area contributed by atoms with E-state index in [1.807, 2.05) is 30.0 Å². The summed E-state index contributed by atoms with van der Waals surface area (Å²) in [7, 11) is 0. The zero-order valence-electron chi connectivity index (χ0n) is 13.6. The minimum absolute atomic E-state index is 0.0302. The van der Waals surface area contributed by atoms with Crippen molar-refractivity contribution < 1.29 is 9.53 Å². The van der Waals surface area contributed by atoms with Crippen LogP contribution in [-0.4, -0.2) is 23.5 Å². The van der Waals surface area contributed by atoms with Crippen molar-refractivity contribution in [3.8, 4) is 5.75 Å². The SMILES string of the molecule is C[C@H]1CN(C(=O)C2C(C)(C)C2(C)C)Cc2ccccc2O1. The van der Waals surface area contributed by atoms with Gasteiger partial charge in [0.1, 0.15) is 11.9 Å². The quantitative estimate of drug-likeness (QED) is 0.791. The number of para-hydroxylation sites is 1. The number of amides is 1. The third-order valence-electron chi connectivity index (χ3n) is 5.72. The lowest BCUT2D eigenvalue weighted by Gasteiger charge is -2.23. The van der Waals surface area contributed by atoms with E-state index in [1.54, 1.807) is 0 Å². The largest absolute Gasteiger partial charge is 0.489 e. The van der Waals surface area contributed by atoms with Crippen molar-refractivity contribution in [2.24, 2.45) is 16.7 Å². The first-order valence-electron chi connectivity index (χ1n) is 7.78. The van der Waals surface area contributed by atoms with Gasteiger partial charge in [0.15, 0.2) is 0 Å². The lowest BCUT2D eigenvalue weighted by molar-refractivity contribution is -0.135. The first kappa shape index (κ1) is 14.4. The molecule has 21 heavy (non-hydrogen) atoms. The van der Waals surface area contributed by atoms with Crippen LogP contribution in [0.5, 0.6) is 5.75 Å². The smallest absolute Gasteiger partial charge is 0.227 e. The summed E-state index contributed by atoms with van der Waals surface area (Å²) in [5, 5.41) is 0. The molecule has 0 radical (unpaired) electrons. The molecule has 1 heterocycles. The molecule has 0 N–H and O–H groups in total. The summed E-state index contributed by atoms with van der Waals surface area (Å²) >= 11 is 0. The summed E-state index contributed by atoms with van der Waals surface area (Å²) in [5.41, 5.74) is 1.27. The van der Waals surface area contributed by atoms with Crippen molar-refractivity contribution in [1.29, 1.82) is 0 Å². The molecule has 1 aromatic carbocycles. The van der Waals surface area contributed by atoms with Crippen LogP contribution in [0, 0.1) is 16.7 Å². The van der Waals surface area contributed by atoms with Gasteiger partial charge in [0, 0.05) is 18.0 Å². The van der Waals surface area contributed by atoms with E-state index in [2.05, 4.69) is 33.8 Å². The van der Waals surface area contributed by atoms with Crippen LogP contribution in [0.4, 0.5) is 0 Å². The van der Waals surface area contributed by atoms with E-state index in [0.29, 0.717) is 13.1 Å². The standard InChI is InChI=1S/C18H25NO2/c1-12-10-19(11-13-8-6-7-9-14(13)21-12)16(20)15-17(2,3)18(15,4)5/h6-9,12,15H,10-11H2,1-5H3/t12-/m0/s1. The molecular weight excluding hydrogens is 262 g/mol. The fourth-order valence-corrected chi connectivity index (χ4v) is 3.75. The van der Waals surface area contributed by atoms with E-state index in [4.69, 9.17) is 4.74 Å². The molecule has 3 nitrogen and oxygen atoms in total. The molecule has 114 valence electrons. The first-order valence-corrected chi connectivity index (χ1v) is 7.78. The van der Waals surface area contributed by atoms with E-state index in [9.17, 15) is 4.79 Å². The van der Waals surface area contributed by atoms with Crippen molar-refractivity contribution in [3.63, 3.8) is 0 Å². The van der Waals surface area contributed by atoms with Crippen LogP contribution in [0.2, 0.25) is 0 Å². The molecule has 0 saturated heterocycles. The molecule has 0 aromatic heterocycles. The summed E-state index contributed by atoms with van der Waals surface area (Å²) in [5.74, 6) is 1.30. The number of rotatable bonds is 1. The summed E-state index contributed by atoms with van der Waals surface area (Å²) in [4.78, 5) is 15.0. The first-order chi connectivity index (χ1) is 9.75. The summed E-state index contributed by atoms with van der Waals surface area (Å²) in [6.45, 7) is 12.1. The number of ether oxygens (including phenoxy) is 1. The normalized spacial score (nSPS) is 26.5. The Hall–Kier alpha value is -1.51. The van der Waals surface area contributed by atoms with Crippen molar-refractivity contribution in [2.75, 3.05) is 6.54 Å². The Morgan fingerprint density at radius 3 is 2.43 bits per heavy atom. The summed E-state index contributed by atoms with van der Waals surface area (Å²) < 4.78 is 5.95. The Kier molecular flexibility index (Phi) is 3.09. The number of hydrogen-bond acceptors (Lipinski definition) is 2. The number of benzene rings is 1. The molecule has 1 amide bonds. The fraction of sp³-hybridized carbons (Fsp3) is 0.611. The minimum Gasteiger partial charge on any atom is -0.489 e. The predicted octanol–water partition coefficient (Wildman–Crippen LogP) is 3.48. The van der Waals surface area contributed by atoms with E-state index in [1.165, 1.54) is 0 Å². The van der Waals surface area contributed by atoms with Crippen molar-refractivity contribution >= 4 is 5.91 Å². The second kappa shape index (κ2) is 4.49. The number of carbonyl (C=O) groups excluding carboxylic acids is 1. The van der Waals surface area contributed by atoms with Gasteiger partial charge in [0.05, 0.1) is 6.54 Å². The zero-order chi connectivity index (χ0) is 15.4. The Bertz CT molecular complexity index is 562. The lowest BCUT2D eigenvalue weighted by atomic mass is 10.0. The third-order valence-corrected chi connectivity index (χ3v) is 5.72. The summed E-state index contributed by atoms with van der Waals surface area (Å²) in [6, 6.07) is 8.03. The fourth-order valence-electron chi connectivity index (χ4n) is 3.75. The van der Waals surface area contributed by atoms with Gasteiger partial charge in [0.25, 0.3) is 0 Å². The molecule has 2 aliphatic rings. The van der Waals surface area contributed by atoms with Gasteiger partial charge in [-0.3, -0.25) is 4.79 Å². The van der Waals surface area contributed by atoms with Gasteiger partial charge in [-0.1, -0.05) is 45.9 Å². The monoisotopic (exact) mass is 287 g/mol. The lowest BCUT2D eigenvalue weighted by Crippen LogP contribution is -2.38. The topological polar surface area (TPSA) is 29.5 Å². The van der Waals surface area contributed by atoms with E-state index >= 15 is 0 Å². The second-order valence-electron chi connectivity index (χ2n) is 7.63. The molecule has 0 unspecified atom stereocenters. The summed E-state index contributed by atoms with van der Waals surface area (Å²) in [6.07, 6.45) is 0.0302. The highest BCUT2D eigenvalue weighted by Gasteiger charge is 2.68. The van der Waals surface area contributed by atoms with Crippen LogP contribution < -0.4 is 4.74 Å². The number of hydrogen-bond donors (Lipinski definition) is 0. The Balaban J connectivity index is 1.85. The van der Waals surface area contributed by atoms with Gasteiger partial charge in [-0.2, -0.15) is 0 Å². The van der Waals surface area contributed by atoms with Crippen LogP contribution in [0.15, 0.2) is 24.3 Å². The Morgan fingerprint density at radius 2 is 1.81 bits per heavy atom. The Morgan fingerprint density at radius 1 is 1.19 bits per heavy atom. The van der Waals surface area contributed by atoms with Crippen LogP contribution >= 0.6 is 0 Å². The van der Waals surface area contributed by atoms with Gasteiger partial charge in [-0.25, -0.2) is 0 Å². The molecule has 0 bridgehead atoms. The molecule has 3 heteroatoms. The van der Waals surface area contributed by atoms with Gasteiger partial charge < -0.3 is 9.64 Å².